The van der Waals surface area contributed by atoms with Gasteiger partial charge in [-0.15, -0.1) is 0 Å². The molecule has 0 saturated carbocycles. The Bertz CT molecular complexity index is 1270. The van der Waals surface area contributed by atoms with Crippen LogP contribution in [0.5, 0.6) is 0 Å². The summed E-state index contributed by atoms with van der Waals surface area (Å²) in [5.74, 6) is -14.1. The summed E-state index contributed by atoms with van der Waals surface area (Å²) >= 11 is 0. The first-order chi connectivity index (χ1) is 20.5. The van der Waals surface area contributed by atoms with E-state index in [1.54, 1.807) is 24.3 Å². The van der Waals surface area contributed by atoms with Crippen LogP contribution in [-0.4, -0.2) is 85.0 Å². The molecule has 1 aromatic carbocycles. The zero-order chi connectivity index (χ0) is 33.2. The molecule has 16 heteroatoms. The zero-order valence-electron chi connectivity index (χ0n) is 23.9. The number of ketones is 1. The molecule has 0 saturated heterocycles. The molecule has 4 atom stereocenters. The van der Waals surface area contributed by atoms with E-state index in [4.69, 9.17) is 4.74 Å². The van der Waals surface area contributed by atoms with Crippen molar-refractivity contribution in [2.45, 2.75) is 50.5 Å². The van der Waals surface area contributed by atoms with E-state index < -0.39 is 84.6 Å². The van der Waals surface area contributed by atoms with Gasteiger partial charge in [0.1, 0.15) is 24.4 Å². The quantitative estimate of drug-likeness (QED) is 0.153. The van der Waals surface area contributed by atoms with Crippen LogP contribution in [0.1, 0.15) is 30.6 Å². The molecule has 0 fully saturated rings. The minimum absolute atomic E-state index is 0.0779. The maximum absolute atomic E-state index is 14.7. The first-order valence-corrected chi connectivity index (χ1v) is 13.3. The summed E-state index contributed by atoms with van der Waals surface area (Å²) in [5.41, 5.74) is 0.166. The summed E-state index contributed by atoms with van der Waals surface area (Å²) in [6.45, 7) is -0.511. The van der Waals surface area contributed by atoms with Crippen molar-refractivity contribution >= 4 is 29.4 Å². The highest BCUT2D eigenvalue weighted by molar-refractivity contribution is 6.10. The minimum Gasteiger partial charge on any atom is -0.497 e. The second-order valence-electron chi connectivity index (χ2n) is 10.1. The van der Waals surface area contributed by atoms with Crippen molar-refractivity contribution < 1.29 is 55.8 Å². The molecule has 44 heavy (non-hydrogen) atoms. The second-order valence-corrected chi connectivity index (χ2v) is 10.1. The molecule has 2 rings (SSSR count). The summed E-state index contributed by atoms with van der Waals surface area (Å²) in [5, 5.41) is 17.5. The number of hydrogen-bond donors (Lipinski definition) is 5. The van der Waals surface area contributed by atoms with E-state index in [9.17, 15) is 51.0 Å². The van der Waals surface area contributed by atoms with Crippen molar-refractivity contribution in [2.24, 2.45) is 11.8 Å². The van der Waals surface area contributed by atoms with Gasteiger partial charge in [-0.1, -0.05) is 38.1 Å². The molecule has 1 unspecified atom stereocenters. The van der Waals surface area contributed by atoms with Crippen molar-refractivity contribution in [3.63, 3.8) is 0 Å². The van der Waals surface area contributed by atoms with Gasteiger partial charge in [0.15, 0.2) is 0 Å². The van der Waals surface area contributed by atoms with Crippen molar-refractivity contribution in [3.05, 3.63) is 59.9 Å². The number of carbonyl (C=O) groups is 5. The summed E-state index contributed by atoms with van der Waals surface area (Å²) in [4.78, 5) is 63.6. The summed E-state index contributed by atoms with van der Waals surface area (Å²) in [6, 6.07) is 2.49. The fourth-order valence-electron chi connectivity index (χ4n) is 4.04. The molecule has 5 N–H and O–H groups in total. The number of rotatable bonds is 14. The van der Waals surface area contributed by atoms with Crippen molar-refractivity contribution in [1.29, 1.82) is 0 Å². The largest absolute Gasteiger partial charge is 0.497 e. The molecule has 242 valence electrons. The number of benzene rings is 1. The number of halogens is 5. The lowest BCUT2D eigenvalue weighted by Gasteiger charge is -2.31. The number of allylic oxidation sites excluding steroid dienone is 2. The van der Waals surface area contributed by atoms with Gasteiger partial charge in [-0.05, 0) is 36.6 Å². The highest BCUT2D eigenvalue weighted by Gasteiger charge is 2.52. The van der Waals surface area contributed by atoms with Gasteiger partial charge in [0.25, 0.3) is 11.8 Å². The third kappa shape index (κ3) is 9.86. The Morgan fingerprint density at radius 1 is 0.977 bits per heavy atom. The number of amides is 4. The average molecular weight is 633 g/mol. The molecule has 0 aromatic heterocycles. The lowest BCUT2D eigenvalue weighted by molar-refractivity contribution is -0.165. The number of aliphatic hydroxyl groups is 1. The standard InChI is InChI=1S/C28H33F5N4O7/c1-15(2)20(22(39)28(32,33)26(43)34-14-27(29,30)31)36-25(42)21(16-9-11-18(44-3)12-10-16)37-24(41)19(13-38)35-23(40)17-7-5-4-6-8-17/h4-9,11-12,15-16,19-21,38H,10,13-14H2,1-3H3,(H,34,43)(H,35,40)(H,36,42)(H,37,41)/t16?,19-,20-,21-/m0/s1. The molecule has 0 radical (unpaired) electrons. The van der Waals surface area contributed by atoms with Gasteiger partial charge in [0.2, 0.25) is 17.6 Å². The van der Waals surface area contributed by atoms with Gasteiger partial charge < -0.3 is 31.1 Å². The Morgan fingerprint density at radius 2 is 1.61 bits per heavy atom. The van der Waals surface area contributed by atoms with Crippen LogP contribution in [-0.2, 0) is 23.9 Å². The molecular weight excluding hydrogens is 599 g/mol. The van der Waals surface area contributed by atoms with Gasteiger partial charge in [-0.2, -0.15) is 22.0 Å². The first kappa shape index (κ1) is 35.9. The molecule has 1 aliphatic carbocycles. The molecule has 0 spiro atoms. The summed E-state index contributed by atoms with van der Waals surface area (Å²) < 4.78 is 71.7. The molecule has 1 aromatic rings. The number of methoxy groups -OCH3 is 1. The lowest BCUT2D eigenvalue weighted by Crippen LogP contribution is -2.61. The molecule has 0 bridgehead atoms. The number of carbonyl (C=O) groups excluding carboxylic acids is 5. The molecular formula is C28H33F5N4O7. The SMILES string of the molecule is COC1=CCC([C@H](NC(=O)[C@H](CO)NC(=O)c2ccccc2)C(=O)N[C@H](C(=O)C(F)(F)C(=O)NCC(F)(F)F)C(C)C)C=C1. The third-order valence-corrected chi connectivity index (χ3v) is 6.47. The fraction of sp³-hybridized carbons (Fsp3) is 0.464. The van der Waals surface area contributed by atoms with Crippen LogP contribution in [0.25, 0.3) is 0 Å². The molecule has 0 heterocycles. The number of nitrogens with one attached hydrogen (secondary N) is 4. The maximum atomic E-state index is 14.7. The van der Waals surface area contributed by atoms with Crippen LogP contribution in [0.2, 0.25) is 0 Å². The van der Waals surface area contributed by atoms with E-state index in [-0.39, 0.29) is 12.0 Å². The van der Waals surface area contributed by atoms with E-state index in [0.29, 0.717) is 5.76 Å². The van der Waals surface area contributed by atoms with E-state index in [1.165, 1.54) is 45.2 Å². The van der Waals surface area contributed by atoms with Crippen LogP contribution in [0.15, 0.2) is 54.3 Å². The average Bonchev–Trinajstić information content (AvgIpc) is 2.99. The molecule has 11 nitrogen and oxygen atoms in total. The van der Waals surface area contributed by atoms with Crippen molar-refractivity contribution in [3.8, 4) is 0 Å². The van der Waals surface area contributed by atoms with Crippen molar-refractivity contribution in [2.75, 3.05) is 20.3 Å². The lowest BCUT2D eigenvalue weighted by atomic mass is 9.89. The Hall–Kier alpha value is -4.34. The van der Waals surface area contributed by atoms with Crippen LogP contribution in [0.4, 0.5) is 22.0 Å². The molecule has 0 aliphatic heterocycles. The second kappa shape index (κ2) is 15.4. The fourth-order valence-corrected chi connectivity index (χ4v) is 4.04. The number of ether oxygens (including phenoxy) is 1. The number of alkyl halides is 5. The van der Waals surface area contributed by atoms with Crippen LogP contribution < -0.4 is 21.3 Å². The van der Waals surface area contributed by atoms with E-state index in [1.807, 2.05) is 0 Å². The Morgan fingerprint density at radius 3 is 2.11 bits per heavy atom. The summed E-state index contributed by atoms with van der Waals surface area (Å²) in [7, 11) is 1.38. The van der Waals surface area contributed by atoms with E-state index >= 15 is 0 Å². The zero-order valence-corrected chi connectivity index (χ0v) is 23.9. The van der Waals surface area contributed by atoms with E-state index in [2.05, 4.69) is 16.0 Å². The number of hydrogen-bond acceptors (Lipinski definition) is 7. The first-order valence-electron chi connectivity index (χ1n) is 13.3. The minimum atomic E-state index is -5.02. The highest BCUT2D eigenvalue weighted by Crippen LogP contribution is 2.24. The third-order valence-electron chi connectivity index (χ3n) is 6.47. The Kier molecular flexibility index (Phi) is 12.6. The van der Waals surface area contributed by atoms with Crippen molar-refractivity contribution in [1.82, 2.24) is 21.3 Å². The topological polar surface area (TPSA) is 163 Å². The van der Waals surface area contributed by atoms with Gasteiger partial charge in [-0.3, -0.25) is 24.0 Å². The Balaban J connectivity index is 2.30. The van der Waals surface area contributed by atoms with Gasteiger partial charge in [0, 0.05) is 11.5 Å². The van der Waals surface area contributed by atoms with Crippen LogP contribution >= 0.6 is 0 Å². The summed E-state index contributed by atoms with van der Waals surface area (Å²) in [6.07, 6.45) is -0.461. The predicted molar refractivity (Wildman–Crippen MR) is 145 cm³/mol. The number of Topliss-reactive ketones (excluding diaryl/α,β-unsaturated/α-hetero) is 1. The smallest absolute Gasteiger partial charge is 0.405 e. The van der Waals surface area contributed by atoms with Crippen LogP contribution in [0, 0.1) is 11.8 Å². The van der Waals surface area contributed by atoms with Gasteiger partial charge >= 0.3 is 12.1 Å². The Labute approximate surface area is 249 Å². The number of aliphatic hydroxyl groups excluding tert-OH is 1. The molecule has 1 aliphatic rings. The predicted octanol–water partition coefficient (Wildman–Crippen LogP) is 1.39. The molecule has 4 amide bonds. The highest BCUT2D eigenvalue weighted by atomic mass is 19.4. The van der Waals surface area contributed by atoms with Gasteiger partial charge in [0.05, 0.1) is 19.8 Å². The van der Waals surface area contributed by atoms with E-state index in [0.717, 1.165) is 5.32 Å². The maximum Gasteiger partial charge on any atom is 0.405 e. The monoisotopic (exact) mass is 632 g/mol. The van der Waals surface area contributed by atoms with Crippen LogP contribution in [0.3, 0.4) is 0 Å². The van der Waals surface area contributed by atoms with Gasteiger partial charge in [-0.25, -0.2) is 0 Å². The normalized spacial score (nSPS) is 17.0.